The highest BCUT2D eigenvalue weighted by atomic mass is 16.6. The van der Waals surface area contributed by atoms with Crippen LogP contribution in [0.25, 0.3) is 0 Å². The van der Waals surface area contributed by atoms with E-state index < -0.39 is 5.41 Å². The maximum Gasteiger partial charge on any atom is 0.119 e. The molecule has 0 radical (unpaired) electrons. The average Bonchev–Trinajstić information content (AvgIpc) is 3.93. The predicted molar refractivity (Wildman–Crippen MR) is 175 cm³/mol. The number of benzene rings is 4. The van der Waals surface area contributed by atoms with Gasteiger partial charge < -0.3 is 37.9 Å². The highest BCUT2D eigenvalue weighted by Gasteiger charge is 2.40. The van der Waals surface area contributed by atoms with Gasteiger partial charge in [-0.25, -0.2) is 0 Å². The van der Waals surface area contributed by atoms with Crippen molar-refractivity contribution in [2.24, 2.45) is 0 Å². The van der Waals surface area contributed by atoms with Crippen LogP contribution >= 0.6 is 0 Å². The summed E-state index contributed by atoms with van der Waals surface area (Å²) in [6.07, 6.45) is 0.795. The molecular weight excluding hydrogens is 596 g/mol. The van der Waals surface area contributed by atoms with Crippen LogP contribution in [0.1, 0.15) is 35.1 Å². The van der Waals surface area contributed by atoms with Crippen LogP contribution < -0.4 is 18.9 Å². The van der Waals surface area contributed by atoms with E-state index in [1.807, 2.05) is 0 Å². The Morgan fingerprint density at radius 2 is 0.723 bits per heavy atom. The van der Waals surface area contributed by atoms with E-state index >= 15 is 0 Å². The maximum atomic E-state index is 6.02. The molecule has 4 aliphatic heterocycles. The lowest BCUT2D eigenvalue weighted by Gasteiger charge is -2.40. The molecule has 4 aliphatic rings. The second kappa shape index (κ2) is 13.2. The molecule has 4 heterocycles. The molecule has 0 aromatic heterocycles. The molecule has 4 atom stereocenters. The summed E-state index contributed by atoms with van der Waals surface area (Å²) in [6.45, 7) is 7.65. The van der Waals surface area contributed by atoms with Gasteiger partial charge in [-0.05, 0) is 70.8 Å². The molecule has 47 heavy (non-hydrogen) atoms. The van der Waals surface area contributed by atoms with E-state index in [-0.39, 0.29) is 30.3 Å². The molecule has 0 aliphatic carbocycles. The summed E-state index contributed by atoms with van der Waals surface area (Å²) in [5.74, 6) is 3.26. The highest BCUT2D eigenvalue weighted by molar-refractivity contribution is 5.52. The average molecular weight is 637 g/mol. The van der Waals surface area contributed by atoms with Gasteiger partial charge in [0, 0.05) is 11.3 Å². The van der Waals surface area contributed by atoms with Crippen LogP contribution in [-0.2, 0) is 24.4 Å². The van der Waals surface area contributed by atoms with E-state index in [4.69, 9.17) is 37.9 Å². The summed E-state index contributed by atoms with van der Waals surface area (Å²) < 4.78 is 45.4. The smallest absolute Gasteiger partial charge is 0.119 e. The SMILES string of the molecule is CC(c1ccc(OCC2CO2)cc1)(c1ccc(OCC2CO2)cc1)C(c1ccc(OCC2CO2)cc1)c1ccc(OCC2CO2)cc1. The Hall–Kier alpha value is -4.08. The van der Waals surface area contributed by atoms with E-state index in [1.165, 1.54) is 11.1 Å². The zero-order valence-electron chi connectivity index (χ0n) is 26.5. The molecule has 8 rings (SSSR count). The van der Waals surface area contributed by atoms with Crippen molar-refractivity contribution in [1.82, 2.24) is 0 Å². The minimum absolute atomic E-state index is 0.0672. The first-order valence-electron chi connectivity index (χ1n) is 16.5. The minimum Gasteiger partial charge on any atom is -0.491 e. The third-order valence-electron chi connectivity index (χ3n) is 9.27. The molecule has 0 bridgehead atoms. The zero-order chi connectivity index (χ0) is 31.6. The number of rotatable bonds is 17. The molecule has 0 saturated carbocycles. The number of hydrogen-bond acceptors (Lipinski definition) is 8. The Labute approximate surface area is 275 Å². The summed E-state index contributed by atoms with van der Waals surface area (Å²) in [5, 5.41) is 0. The van der Waals surface area contributed by atoms with Crippen molar-refractivity contribution in [2.45, 2.75) is 42.7 Å². The van der Waals surface area contributed by atoms with Crippen molar-refractivity contribution < 1.29 is 37.9 Å². The van der Waals surface area contributed by atoms with E-state index in [9.17, 15) is 0 Å². The molecule has 4 aromatic carbocycles. The van der Waals surface area contributed by atoms with Crippen LogP contribution in [-0.4, -0.2) is 77.3 Å². The largest absolute Gasteiger partial charge is 0.491 e. The van der Waals surface area contributed by atoms with Crippen molar-refractivity contribution in [1.29, 1.82) is 0 Å². The van der Waals surface area contributed by atoms with Gasteiger partial charge in [-0.3, -0.25) is 0 Å². The summed E-state index contributed by atoms with van der Waals surface area (Å²) >= 11 is 0. The summed E-state index contributed by atoms with van der Waals surface area (Å²) in [6, 6.07) is 34.0. The Morgan fingerprint density at radius 1 is 0.468 bits per heavy atom. The molecule has 244 valence electrons. The van der Waals surface area contributed by atoms with Gasteiger partial charge in [0.25, 0.3) is 0 Å². The molecule has 4 unspecified atom stereocenters. The monoisotopic (exact) mass is 636 g/mol. The molecular formula is C39H40O8. The predicted octanol–water partition coefficient (Wildman–Crippen LogP) is 5.94. The Bertz CT molecular complexity index is 1490. The van der Waals surface area contributed by atoms with Gasteiger partial charge in [-0.2, -0.15) is 0 Å². The zero-order valence-corrected chi connectivity index (χ0v) is 26.5. The highest BCUT2D eigenvalue weighted by Crippen LogP contribution is 2.49. The standard InChI is InChI=1S/C39H40O8/c1-39(28-6-14-32(15-7-28)42-20-36-24-46-36,29-8-16-33(17-9-29)43-21-37-25-47-37)38(26-2-10-30(11-3-26)40-18-34-22-44-34)27-4-12-31(13-5-27)41-19-35-23-45-35/h2-17,34-38H,18-25H2,1H3. The lowest BCUT2D eigenvalue weighted by atomic mass is 9.62. The molecule has 8 nitrogen and oxygen atoms in total. The van der Waals surface area contributed by atoms with Gasteiger partial charge in [-0.15, -0.1) is 0 Å². The first-order chi connectivity index (χ1) is 23.1. The summed E-state index contributed by atoms with van der Waals surface area (Å²) in [4.78, 5) is 0. The van der Waals surface area contributed by atoms with Crippen LogP contribution in [0, 0.1) is 0 Å². The summed E-state index contributed by atoms with van der Waals surface area (Å²) in [7, 11) is 0. The first-order valence-corrected chi connectivity index (χ1v) is 16.5. The lowest BCUT2D eigenvalue weighted by molar-refractivity contribution is 0.262. The number of ether oxygens (including phenoxy) is 8. The quantitative estimate of drug-likeness (QED) is 0.132. The van der Waals surface area contributed by atoms with Gasteiger partial charge >= 0.3 is 0 Å². The fraction of sp³-hybridized carbons (Fsp3) is 0.385. The molecule has 0 N–H and O–H groups in total. The molecule has 8 heteroatoms. The van der Waals surface area contributed by atoms with Gasteiger partial charge in [0.1, 0.15) is 73.8 Å². The third-order valence-corrected chi connectivity index (χ3v) is 9.27. The molecule has 4 fully saturated rings. The number of epoxide rings is 4. The normalized spacial score (nSPS) is 24.0. The van der Waals surface area contributed by atoms with Crippen molar-refractivity contribution in [3.63, 3.8) is 0 Å². The maximum absolute atomic E-state index is 6.02. The van der Waals surface area contributed by atoms with Crippen molar-refractivity contribution >= 4 is 0 Å². The fourth-order valence-corrected chi connectivity index (χ4v) is 6.08. The lowest BCUT2D eigenvalue weighted by Crippen LogP contribution is -2.33. The molecule has 4 saturated heterocycles. The number of hydrogen-bond donors (Lipinski definition) is 0. The van der Waals surface area contributed by atoms with Crippen molar-refractivity contribution in [3.05, 3.63) is 119 Å². The van der Waals surface area contributed by atoms with E-state index in [0.717, 1.165) is 60.6 Å². The van der Waals surface area contributed by atoms with E-state index in [1.54, 1.807) is 0 Å². The molecule has 4 aromatic rings. The van der Waals surface area contributed by atoms with Crippen LogP contribution in [0.5, 0.6) is 23.0 Å². The van der Waals surface area contributed by atoms with Crippen LogP contribution in [0.4, 0.5) is 0 Å². The van der Waals surface area contributed by atoms with Crippen LogP contribution in [0.15, 0.2) is 97.1 Å². The second-order valence-electron chi connectivity index (χ2n) is 12.9. The van der Waals surface area contributed by atoms with Gasteiger partial charge in [0.05, 0.1) is 26.4 Å². The second-order valence-corrected chi connectivity index (χ2v) is 12.9. The molecule has 0 amide bonds. The van der Waals surface area contributed by atoms with Crippen molar-refractivity contribution in [2.75, 3.05) is 52.9 Å². The summed E-state index contributed by atoms with van der Waals surface area (Å²) in [5.41, 5.74) is 4.16. The molecule has 0 spiro atoms. The third kappa shape index (κ3) is 7.57. The first kappa shape index (κ1) is 30.3. The topological polar surface area (TPSA) is 87.0 Å². The van der Waals surface area contributed by atoms with Crippen LogP contribution in [0.3, 0.4) is 0 Å². The van der Waals surface area contributed by atoms with Gasteiger partial charge in [0.15, 0.2) is 0 Å². The van der Waals surface area contributed by atoms with E-state index in [2.05, 4.69) is 104 Å². The van der Waals surface area contributed by atoms with E-state index in [0.29, 0.717) is 26.4 Å². The fourth-order valence-electron chi connectivity index (χ4n) is 6.08. The Kier molecular flexibility index (Phi) is 8.50. The Balaban J connectivity index is 1.16. The van der Waals surface area contributed by atoms with Gasteiger partial charge in [-0.1, -0.05) is 55.5 Å². The van der Waals surface area contributed by atoms with Crippen molar-refractivity contribution in [3.8, 4) is 23.0 Å². The van der Waals surface area contributed by atoms with Gasteiger partial charge in [0.2, 0.25) is 0 Å². The minimum atomic E-state index is -0.495. The van der Waals surface area contributed by atoms with Crippen LogP contribution in [0.2, 0.25) is 0 Å². The Morgan fingerprint density at radius 3 is 0.979 bits per heavy atom.